The number of aliphatic imine (C=N–C) groups is 1. The second-order valence-electron chi connectivity index (χ2n) is 2.60. The van der Waals surface area contributed by atoms with Gasteiger partial charge in [0.2, 0.25) is 6.08 Å². The Labute approximate surface area is 78.7 Å². The molecular formula is C9H7F2NO2. The minimum atomic E-state index is -2.74. The number of rotatable bonds is 3. The normalized spacial score (nSPS) is 9.93. The number of hydrogen-bond acceptors (Lipinski definition) is 3. The minimum absolute atomic E-state index is 0.0104. The lowest BCUT2D eigenvalue weighted by Gasteiger charge is -2.04. The molecule has 0 radical (unpaired) electrons. The summed E-state index contributed by atoms with van der Waals surface area (Å²) in [5.41, 5.74) is -0.0231. The number of hydrogen-bond donors (Lipinski definition) is 1. The van der Waals surface area contributed by atoms with Gasteiger partial charge in [-0.15, -0.1) is 0 Å². The monoisotopic (exact) mass is 199 g/mol. The zero-order valence-corrected chi connectivity index (χ0v) is 7.08. The first-order chi connectivity index (χ1) is 6.65. The van der Waals surface area contributed by atoms with Crippen molar-refractivity contribution in [1.82, 2.24) is 0 Å². The van der Waals surface area contributed by atoms with Gasteiger partial charge in [0.15, 0.2) is 0 Å². The molecule has 1 aromatic carbocycles. The number of aromatic hydroxyl groups is 1. The Hall–Kier alpha value is -1.74. The molecule has 0 fully saturated rings. The van der Waals surface area contributed by atoms with Crippen LogP contribution < -0.4 is 0 Å². The molecule has 5 heteroatoms. The Morgan fingerprint density at radius 2 is 2.21 bits per heavy atom. The summed E-state index contributed by atoms with van der Waals surface area (Å²) in [6, 6.07) is 3.68. The van der Waals surface area contributed by atoms with Crippen molar-refractivity contribution in [3.8, 4) is 5.75 Å². The van der Waals surface area contributed by atoms with Crippen LogP contribution in [-0.4, -0.2) is 11.2 Å². The second-order valence-corrected chi connectivity index (χ2v) is 2.60. The molecule has 0 aliphatic heterocycles. The van der Waals surface area contributed by atoms with Crippen molar-refractivity contribution < 1.29 is 18.7 Å². The second kappa shape index (κ2) is 4.48. The average Bonchev–Trinajstić information content (AvgIpc) is 2.16. The maximum Gasteiger partial charge on any atom is 0.267 e. The first-order valence-electron chi connectivity index (χ1n) is 3.78. The highest BCUT2D eigenvalue weighted by Gasteiger charge is 2.12. The Morgan fingerprint density at radius 3 is 2.79 bits per heavy atom. The van der Waals surface area contributed by atoms with Crippen molar-refractivity contribution in [1.29, 1.82) is 0 Å². The molecule has 3 nitrogen and oxygen atoms in total. The average molecular weight is 199 g/mol. The number of alkyl halides is 2. The molecule has 0 unspecified atom stereocenters. The van der Waals surface area contributed by atoms with E-state index in [0.29, 0.717) is 5.56 Å². The fourth-order valence-corrected chi connectivity index (χ4v) is 1.00. The molecule has 1 aromatic rings. The summed E-state index contributed by atoms with van der Waals surface area (Å²) in [6.07, 6.45) is -1.44. The molecule has 74 valence electrons. The van der Waals surface area contributed by atoms with E-state index in [-0.39, 0.29) is 6.54 Å². The van der Waals surface area contributed by atoms with Gasteiger partial charge >= 0.3 is 0 Å². The highest BCUT2D eigenvalue weighted by molar-refractivity contribution is 5.38. The summed E-state index contributed by atoms with van der Waals surface area (Å²) >= 11 is 0. The van der Waals surface area contributed by atoms with Crippen molar-refractivity contribution in [2.24, 2.45) is 4.99 Å². The van der Waals surface area contributed by atoms with E-state index in [1.54, 1.807) is 0 Å². The van der Waals surface area contributed by atoms with Crippen molar-refractivity contribution >= 4 is 6.08 Å². The number of phenolic OH excluding ortho intramolecular Hbond substituents is 1. The molecular weight excluding hydrogens is 192 g/mol. The van der Waals surface area contributed by atoms with Gasteiger partial charge < -0.3 is 5.11 Å². The van der Waals surface area contributed by atoms with Gasteiger partial charge in [-0.3, -0.25) is 0 Å². The summed E-state index contributed by atoms with van der Waals surface area (Å²) in [4.78, 5) is 13.0. The number of halogens is 2. The summed E-state index contributed by atoms with van der Waals surface area (Å²) in [5.74, 6) is -0.459. The largest absolute Gasteiger partial charge is 0.507 e. The Bertz CT molecular complexity index is 373. The SMILES string of the molecule is O=C=NCc1ccc(O)c(C(F)F)c1. The van der Waals surface area contributed by atoms with Crippen LogP contribution in [0, 0.1) is 0 Å². The maximum atomic E-state index is 12.3. The lowest BCUT2D eigenvalue weighted by molar-refractivity contribution is 0.147. The Kier molecular flexibility index (Phi) is 3.31. The van der Waals surface area contributed by atoms with Crippen LogP contribution in [0.5, 0.6) is 5.75 Å². The van der Waals surface area contributed by atoms with Crippen LogP contribution in [0.3, 0.4) is 0 Å². The summed E-state index contributed by atoms with van der Waals surface area (Å²) in [5, 5.41) is 9.04. The van der Waals surface area contributed by atoms with E-state index in [9.17, 15) is 13.6 Å². The van der Waals surface area contributed by atoms with E-state index < -0.39 is 17.7 Å². The standard InChI is InChI=1S/C9H7F2NO2/c10-9(11)7-3-6(4-12-5-13)1-2-8(7)14/h1-3,9,14H,4H2. The molecule has 0 amide bonds. The van der Waals surface area contributed by atoms with Crippen LogP contribution in [0.4, 0.5) is 8.78 Å². The highest BCUT2D eigenvalue weighted by atomic mass is 19.3. The van der Waals surface area contributed by atoms with Gasteiger partial charge in [0.1, 0.15) is 5.75 Å². The third kappa shape index (κ3) is 2.37. The molecule has 0 saturated carbocycles. The van der Waals surface area contributed by atoms with E-state index in [2.05, 4.69) is 4.99 Å². The van der Waals surface area contributed by atoms with E-state index in [1.807, 2.05) is 0 Å². The van der Waals surface area contributed by atoms with Gasteiger partial charge in [0.05, 0.1) is 12.1 Å². The maximum absolute atomic E-state index is 12.3. The molecule has 14 heavy (non-hydrogen) atoms. The van der Waals surface area contributed by atoms with Gasteiger partial charge in [-0.1, -0.05) is 6.07 Å². The summed E-state index contributed by atoms with van der Waals surface area (Å²) in [6.45, 7) is -0.0104. The van der Waals surface area contributed by atoms with Crippen LogP contribution in [0.15, 0.2) is 23.2 Å². The molecule has 0 spiro atoms. The third-order valence-corrected chi connectivity index (χ3v) is 1.65. The lowest BCUT2D eigenvalue weighted by Crippen LogP contribution is -1.89. The first-order valence-corrected chi connectivity index (χ1v) is 3.78. The molecule has 0 heterocycles. The lowest BCUT2D eigenvalue weighted by atomic mass is 10.1. The molecule has 0 atom stereocenters. The summed E-state index contributed by atoms with van der Waals surface area (Å²) in [7, 11) is 0. The molecule has 1 N–H and O–H groups in total. The first kappa shape index (κ1) is 10.3. The number of nitrogens with zero attached hydrogens (tertiary/aromatic N) is 1. The quantitative estimate of drug-likeness (QED) is 0.599. The van der Waals surface area contributed by atoms with Crippen molar-refractivity contribution in [2.75, 3.05) is 0 Å². The highest BCUT2D eigenvalue weighted by Crippen LogP contribution is 2.28. The summed E-state index contributed by atoms with van der Waals surface area (Å²) < 4.78 is 24.5. The van der Waals surface area contributed by atoms with Crippen molar-refractivity contribution in [3.63, 3.8) is 0 Å². The van der Waals surface area contributed by atoms with Gasteiger partial charge in [-0.05, 0) is 17.7 Å². The predicted octanol–water partition coefficient (Wildman–Crippen LogP) is 2.17. The molecule has 1 rings (SSSR count). The van der Waals surface area contributed by atoms with E-state index >= 15 is 0 Å². The molecule has 0 saturated heterocycles. The van der Waals surface area contributed by atoms with E-state index in [4.69, 9.17) is 5.11 Å². The van der Waals surface area contributed by atoms with Gasteiger partial charge in [0.25, 0.3) is 6.43 Å². The Morgan fingerprint density at radius 1 is 1.50 bits per heavy atom. The molecule has 0 aliphatic carbocycles. The van der Waals surface area contributed by atoms with Crippen LogP contribution in [0.2, 0.25) is 0 Å². The number of carbonyl (C=O) groups excluding carboxylic acids is 1. The van der Waals surface area contributed by atoms with Crippen molar-refractivity contribution in [2.45, 2.75) is 13.0 Å². The van der Waals surface area contributed by atoms with E-state index in [0.717, 1.165) is 12.1 Å². The fraction of sp³-hybridized carbons (Fsp3) is 0.222. The third-order valence-electron chi connectivity index (χ3n) is 1.65. The fourth-order valence-electron chi connectivity index (χ4n) is 1.00. The van der Waals surface area contributed by atoms with Crippen LogP contribution in [0.1, 0.15) is 17.6 Å². The van der Waals surface area contributed by atoms with Gasteiger partial charge in [-0.25, -0.2) is 18.6 Å². The topological polar surface area (TPSA) is 49.7 Å². The number of benzene rings is 1. The van der Waals surface area contributed by atoms with Crippen LogP contribution >= 0.6 is 0 Å². The van der Waals surface area contributed by atoms with Gasteiger partial charge in [0, 0.05) is 0 Å². The molecule has 0 bridgehead atoms. The van der Waals surface area contributed by atoms with E-state index in [1.165, 1.54) is 12.1 Å². The smallest absolute Gasteiger partial charge is 0.267 e. The number of isocyanates is 1. The van der Waals surface area contributed by atoms with Crippen molar-refractivity contribution in [3.05, 3.63) is 29.3 Å². The predicted molar refractivity (Wildman–Crippen MR) is 44.9 cm³/mol. The molecule has 0 aromatic heterocycles. The Balaban J connectivity index is 2.99. The van der Waals surface area contributed by atoms with Crippen LogP contribution in [-0.2, 0) is 11.3 Å². The molecule has 0 aliphatic rings. The zero-order chi connectivity index (χ0) is 10.6. The number of phenols is 1. The van der Waals surface area contributed by atoms with Gasteiger partial charge in [-0.2, -0.15) is 0 Å². The van der Waals surface area contributed by atoms with Crippen LogP contribution in [0.25, 0.3) is 0 Å². The zero-order valence-electron chi connectivity index (χ0n) is 7.08. The minimum Gasteiger partial charge on any atom is -0.507 e.